The average Bonchev–Trinajstić information content (AvgIpc) is 3.15. The van der Waals surface area contributed by atoms with Gasteiger partial charge in [0.25, 0.3) is 5.91 Å². The molecule has 3 rings (SSSR count). The normalized spacial score (nSPS) is 11.4. The third kappa shape index (κ3) is 3.89. The first-order valence-corrected chi connectivity index (χ1v) is 7.74. The van der Waals surface area contributed by atoms with Gasteiger partial charge in [-0.1, -0.05) is 0 Å². The molecular weight excluding hydrogens is 363 g/mol. The van der Waals surface area contributed by atoms with E-state index in [0.29, 0.717) is 17.1 Å². The van der Waals surface area contributed by atoms with E-state index in [2.05, 4.69) is 20.3 Å². The van der Waals surface area contributed by atoms with E-state index in [-0.39, 0.29) is 17.2 Å². The van der Waals surface area contributed by atoms with Crippen molar-refractivity contribution < 1.29 is 22.4 Å². The number of hydrogen-bond donors (Lipinski definition) is 2. The Kier molecular flexibility index (Phi) is 4.80. The molecule has 0 bridgehead atoms. The number of aromatic nitrogens is 3. The highest BCUT2D eigenvalue weighted by Gasteiger charge is 2.33. The highest BCUT2D eigenvalue weighted by atomic mass is 19.4. The molecule has 3 aromatic heterocycles. The van der Waals surface area contributed by atoms with E-state index >= 15 is 0 Å². The molecule has 7 nitrogen and oxygen atoms in total. The number of pyridine rings is 1. The van der Waals surface area contributed by atoms with E-state index < -0.39 is 24.2 Å². The number of carbonyl (C=O) groups excluding carboxylic acids is 1. The number of hydrogen-bond acceptors (Lipinski definition) is 6. The van der Waals surface area contributed by atoms with Gasteiger partial charge in [-0.05, 0) is 31.2 Å². The van der Waals surface area contributed by atoms with E-state index in [0.717, 1.165) is 6.07 Å². The number of nitrogen functional groups attached to an aromatic ring is 1. The van der Waals surface area contributed by atoms with Gasteiger partial charge < -0.3 is 15.5 Å². The number of amides is 1. The Bertz CT molecular complexity index is 971. The quantitative estimate of drug-likeness (QED) is 0.724. The molecule has 0 unspecified atom stereocenters. The van der Waals surface area contributed by atoms with Crippen LogP contribution in [0.4, 0.5) is 19.0 Å². The zero-order valence-corrected chi connectivity index (χ0v) is 14.0. The fourth-order valence-electron chi connectivity index (χ4n) is 2.43. The van der Waals surface area contributed by atoms with Gasteiger partial charge in [-0.2, -0.15) is 13.2 Å². The van der Waals surface area contributed by atoms with Crippen molar-refractivity contribution in [3.63, 3.8) is 0 Å². The van der Waals surface area contributed by atoms with Crippen LogP contribution in [0.3, 0.4) is 0 Å². The first-order chi connectivity index (χ1) is 12.8. The van der Waals surface area contributed by atoms with Crippen molar-refractivity contribution in [1.82, 2.24) is 20.3 Å². The second kappa shape index (κ2) is 7.06. The molecule has 27 heavy (non-hydrogen) atoms. The topological polar surface area (TPSA) is 107 Å². The molecule has 3 heterocycles. The summed E-state index contributed by atoms with van der Waals surface area (Å²) >= 11 is 0. The van der Waals surface area contributed by atoms with Crippen molar-refractivity contribution in [3.05, 3.63) is 59.4 Å². The van der Waals surface area contributed by atoms with Crippen LogP contribution in [0.5, 0.6) is 0 Å². The van der Waals surface area contributed by atoms with Gasteiger partial charge in [0.2, 0.25) is 0 Å². The van der Waals surface area contributed by atoms with Crippen molar-refractivity contribution in [3.8, 4) is 11.5 Å². The summed E-state index contributed by atoms with van der Waals surface area (Å²) < 4.78 is 44.2. The lowest BCUT2D eigenvalue weighted by Crippen LogP contribution is -2.27. The van der Waals surface area contributed by atoms with Crippen LogP contribution < -0.4 is 11.1 Å². The minimum atomic E-state index is -4.57. The van der Waals surface area contributed by atoms with Gasteiger partial charge in [-0.15, -0.1) is 0 Å². The molecule has 0 aliphatic heterocycles. The molecule has 0 aliphatic rings. The van der Waals surface area contributed by atoms with Crippen molar-refractivity contribution in [2.24, 2.45) is 0 Å². The third-order valence-electron chi connectivity index (χ3n) is 3.68. The van der Waals surface area contributed by atoms with Crippen molar-refractivity contribution >= 4 is 11.7 Å². The third-order valence-corrected chi connectivity index (χ3v) is 3.68. The number of furan rings is 1. The SMILES string of the molecule is Cc1nc(C(=O)NCc2ncccc2C(F)(F)F)c(N)nc1-c1ccco1. The number of nitrogens with two attached hydrogens (primary N) is 1. The second-order valence-corrected chi connectivity index (χ2v) is 5.55. The molecule has 3 N–H and O–H groups in total. The molecule has 0 aromatic carbocycles. The average molecular weight is 377 g/mol. The fraction of sp³-hybridized carbons (Fsp3) is 0.176. The van der Waals surface area contributed by atoms with Crippen LogP contribution in [0.25, 0.3) is 11.5 Å². The van der Waals surface area contributed by atoms with E-state index in [9.17, 15) is 18.0 Å². The van der Waals surface area contributed by atoms with E-state index in [1.807, 2.05) is 0 Å². The predicted octanol–water partition coefficient (Wildman–Crippen LogP) is 2.97. The number of nitrogens with one attached hydrogen (secondary N) is 1. The highest BCUT2D eigenvalue weighted by molar-refractivity contribution is 5.96. The summed E-state index contributed by atoms with van der Waals surface area (Å²) in [5.41, 5.74) is 5.13. The van der Waals surface area contributed by atoms with Gasteiger partial charge in [0, 0.05) is 6.20 Å². The van der Waals surface area contributed by atoms with Crippen LogP contribution in [-0.4, -0.2) is 20.9 Å². The Balaban J connectivity index is 1.81. The molecule has 0 saturated carbocycles. The minimum Gasteiger partial charge on any atom is -0.463 e. The summed E-state index contributed by atoms with van der Waals surface area (Å²) in [5.74, 6) is -0.489. The smallest absolute Gasteiger partial charge is 0.418 e. The van der Waals surface area contributed by atoms with Crippen LogP contribution >= 0.6 is 0 Å². The Hall–Kier alpha value is -3.43. The van der Waals surface area contributed by atoms with Gasteiger partial charge in [0.05, 0.1) is 29.8 Å². The summed E-state index contributed by atoms with van der Waals surface area (Å²) in [6.07, 6.45) is -1.90. The summed E-state index contributed by atoms with van der Waals surface area (Å²) in [6.45, 7) is 1.18. The number of rotatable bonds is 4. The lowest BCUT2D eigenvalue weighted by atomic mass is 10.2. The van der Waals surface area contributed by atoms with Crippen LogP contribution in [0.2, 0.25) is 0 Å². The zero-order valence-electron chi connectivity index (χ0n) is 14.0. The van der Waals surface area contributed by atoms with Crippen molar-refractivity contribution in [2.45, 2.75) is 19.6 Å². The van der Waals surface area contributed by atoms with Crippen LogP contribution in [0, 0.1) is 6.92 Å². The lowest BCUT2D eigenvalue weighted by Gasteiger charge is -2.13. The maximum atomic E-state index is 13.0. The Morgan fingerprint density at radius 1 is 1.26 bits per heavy atom. The summed E-state index contributed by atoms with van der Waals surface area (Å²) in [5, 5.41) is 2.34. The standard InChI is InChI=1S/C17H14F3N5O2/c1-9-13(12-5-3-7-27-12)25-15(21)14(24-9)16(26)23-8-11-10(17(18,19)20)4-2-6-22-11/h2-7H,8H2,1H3,(H2,21,25)(H,23,26). The number of halogens is 3. The molecule has 0 saturated heterocycles. The molecule has 140 valence electrons. The highest BCUT2D eigenvalue weighted by Crippen LogP contribution is 2.31. The van der Waals surface area contributed by atoms with Gasteiger partial charge in [0.15, 0.2) is 17.3 Å². The van der Waals surface area contributed by atoms with Gasteiger partial charge in [-0.3, -0.25) is 9.78 Å². The van der Waals surface area contributed by atoms with Gasteiger partial charge >= 0.3 is 6.18 Å². The molecule has 3 aromatic rings. The maximum Gasteiger partial charge on any atom is 0.418 e. The Morgan fingerprint density at radius 3 is 2.70 bits per heavy atom. The maximum absolute atomic E-state index is 13.0. The summed E-state index contributed by atoms with van der Waals surface area (Å²) in [7, 11) is 0. The van der Waals surface area contributed by atoms with Crippen LogP contribution in [0.1, 0.15) is 27.4 Å². The Morgan fingerprint density at radius 2 is 2.04 bits per heavy atom. The van der Waals surface area contributed by atoms with Crippen molar-refractivity contribution in [2.75, 3.05) is 5.73 Å². The summed E-state index contributed by atoms with van der Waals surface area (Å²) in [4.78, 5) is 24.2. The molecule has 0 atom stereocenters. The number of carbonyl (C=O) groups is 1. The van der Waals surface area contributed by atoms with E-state index in [1.54, 1.807) is 19.1 Å². The van der Waals surface area contributed by atoms with E-state index in [1.165, 1.54) is 18.5 Å². The zero-order chi connectivity index (χ0) is 19.6. The fourth-order valence-corrected chi connectivity index (χ4v) is 2.43. The number of alkyl halides is 3. The molecule has 10 heteroatoms. The number of aryl methyl sites for hydroxylation is 1. The van der Waals surface area contributed by atoms with Crippen LogP contribution in [-0.2, 0) is 12.7 Å². The van der Waals surface area contributed by atoms with Gasteiger partial charge in [-0.25, -0.2) is 9.97 Å². The predicted molar refractivity (Wildman–Crippen MR) is 89.3 cm³/mol. The Labute approximate surface area is 151 Å². The minimum absolute atomic E-state index is 0.165. The molecular formula is C17H14F3N5O2. The van der Waals surface area contributed by atoms with E-state index in [4.69, 9.17) is 10.2 Å². The monoisotopic (exact) mass is 377 g/mol. The largest absolute Gasteiger partial charge is 0.463 e. The molecule has 0 aliphatic carbocycles. The van der Waals surface area contributed by atoms with Crippen LogP contribution in [0.15, 0.2) is 41.1 Å². The van der Waals surface area contributed by atoms with Gasteiger partial charge in [0.1, 0.15) is 5.69 Å². The molecule has 1 amide bonds. The molecule has 0 fully saturated rings. The second-order valence-electron chi connectivity index (χ2n) is 5.55. The first kappa shape index (κ1) is 18.4. The number of anilines is 1. The molecule has 0 radical (unpaired) electrons. The summed E-state index contributed by atoms with van der Waals surface area (Å²) in [6, 6.07) is 5.40. The first-order valence-electron chi connectivity index (χ1n) is 7.74. The number of nitrogens with zero attached hydrogens (tertiary/aromatic N) is 3. The molecule has 0 spiro atoms. The van der Waals surface area contributed by atoms with Crippen molar-refractivity contribution in [1.29, 1.82) is 0 Å². The lowest BCUT2D eigenvalue weighted by molar-refractivity contribution is -0.138.